The van der Waals surface area contributed by atoms with Crippen LogP contribution in [0.4, 0.5) is 0 Å². The molecule has 17 heavy (non-hydrogen) atoms. The zero-order valence-electron chi connectivity index (χ0n) is 10.5. The number of carboxylic acid groups (broad SMARTS) is 2. The molecule has 5 heteroatoms. The number of carboxylic acids is 2. The fourth-order valence-corrected chi connectivity index (χ4v) is 1.96. The number of rotatable bonds is 6. The van der Waals surface area contributed by atoms with E-state index in [1.54, 1.807) is 20.8 Å². The first-order valence-corrected chi connectivity index (χ1v) is 5.67. The van der Waals surface area contributed by atoms with E-state index in [4.69, 9.17) is 0 Å². The molecule has 0 aromatic rings. The number of hydrogen-bond donors (Lipinski definition) is 2. The Morgan fingerprint density at radius 1 is 1.00 bits per heavy atom. The van der Waals surface area contributed by atoms with E-state index in [0.717, 1.165) is 12.8 Å². The summed E-state index contributed by atoms with van der Waals surface area (Å²) in [5.41, 5.74) is -2.47. The van der Waals surface area contributed by atoms with Gasteiger partial charge in [0.15, 0.2) is 5.41 Å². The minimum atomic E-state index is -1.68. The second-order valence-electron chi connectivity index (χ2n) is 5.22. The van der Waals surface area contributed by atoms with E-state index < -0.39 is 22.8 Å². The van der Waals surface area contributed by atoms with Crippen LogP contribution in [0.2, 0.25) is 0 Å². The van der Waals surface area contributed by atoms with Gasteiger partial charge in [-0.2, -0.15) is 0 Å². The SMILES string of the molecule is CCCCCC(C(=O)O)(C(=O)O)C(C)(C)C.[LiH]. The van der Waals surface area contributed by atoms with Gasteiger partial charge in [0.05, 0.1) is 0 Å². The molecule has 96 valence electrons. The minimum absolute atomic E-state index is 0. The van der Waals surface area contributed by atoms with Crippen LogP contribution in [-0.4, -0.2) is 41.0 Å². The van der Waals surface area contributed by atoms with Crippen LogP contribution in [0.5, 0.6) is 0 Å². The van der Waals surface area contributed by atoms with Crippen molar-refractivity contribution in [1.82, 2.24) is 0 Å². The average Bonchev–Trinajstić information content (AvgIpc) is 2.08. The molecule has 0 spiro atoms. The summed E-state index contributed by atoms with van der Waals surface area (Å²) >= 11 is 0. The van der Waals surface area contributed by atoms with E-state index in [1.165, 1.54) is 0 Å². The molecule has 0 fully saturated rings. The van der Waals surface area contributed by atoms with Gasteiger partial charge in [0.2, 0.25) is 0 Å². The van der Waals surface area contributed by atoms with Crippen molar-refractivity contribution in [2.45, 2.75) is 53.4 Å². The van der Waals surface area contributed by atoms with Gasteiger partial charge in [-0.3, -0.25) is 9.59 Å². The monoisotopic (exact) mass is 238 g/mol. The van der Waals surface area contributed by atoms with Crippen LogP contribution >= 0.6 is 0 Å². The molecule has 0 heterocycles. The Bertz CT molecular complexity index is 254. The molecule has 0 saturated heterocycles. The summed E-state index contributed by atoms with van der Waals surface area (Å²) < 4.78 is 0. The second kappa shape index (κ2) is 7.08. The molecule has 0 aromatic carbocycles. The van der Waals surface area contributed by atoms with Crippen LogP contribution in [0.15, 0.2) is 0 Å². The van der Waals surface area contributed by atoms with Crippen LogP contribution in [0.25, 0.3) is 0 Å². The average molecular weight is 238 g/mol. The number of carbonyl (C=O) groups is 2. The van der Waals surface area contributed by atoms with Gasteiger partial charge in [-0.1, -0.05) is 47.0 Å². The molecule has 0 aliphatic carbocycles. The zero-order chi connectivity index (χ0) is 13.0. The molecular weight excluding hydrogens is 215 g/mol. The van der Waals surface area contributed by atoms with Crippen molar-refractivity contribution in [3.05, 3.63) is 0 Å². The first-order valence-electron chi connectivity index (χ1n) is 5.67. The first-order chi connectivity index (χ1) is 7.20. The molecule has 0 unspecified atom stereocenters. The molecule has 0 rings (SSSR count). The fourth-order valence-electron chi connectivity index (χ4n) is 1.96. The molecule has 0 radical (unpaired) electrons. The number of unbranched alkanes of at least 4 members (excludes halogenated alkanes) is 2. The van der Waals surface area contributed by atoms with Crippen molar-refractivity contribution in [1.29, 1.82) is 0 Å². The van der Waals surface area contributed by atoms with Crippen LogP contribution < -0.4 is 0 Å². The van der Waals surface area contributed by atoms with Crippen molar-refractivity contribution in [3.63, 3.8) is 0 Å². The van der Waals surface area contributed by atoms with Crippen molar-refractivity contribution < 1.29 is 19.8 Å². The van der Waals surface area contributed by atoms with E-state index in [0.29, 0.717) is 6.42 Å². The van der Waals surface area contributed by atoms with Gasteiger partial charge in [-0.05, 0) is 11.8 Å². The summed E-state index contributed by atoms with van der Waals surface area (Å²) in [6.45, 7) is 7.00. The van der Waals surface area contributed by atoms with E-state index in [-0.39, 0.29) is 25.3 Å². The van der Waals surface area contributed by atoms with E-state index in [1.807, 2.05) is 6.92 Å². The van der Waals surface area contributed by atoms with Gasteiger partial charge in [0, 0.05) is 0 Å². The Morgan fingerprint density at radius 2 is 1.41 bits per heavy atom. The molecule has 0 aliphatic rings. The normalized spacial score (nSPS) is 11.8. The third kappa shape index (κ3) is 4.04. The quantitative estimate of drug-likeness (QED) is 0.422. The molecular formula is C12H23LiO4. The second-order valence-corrected chi connectivity index (χ2v) is 5.22. The number of aliphatic carboxylic acids is 2. The predicted octanol–water partition coefficient (Wildman–Crippen LogP) is 2.12. The Labute approximate surface area is 115 Å². The van der Waals surface area contributed by atoms with Gasteiger partial charge in [0.25, 0.3) is 0 Å². The van der Waals surface area contributed by atoms with Crippen molar-refractivity contribution >= 4 is 30.8 Å². The van der Waals surface area contributed by atoms with Crippen molar-refractivity contribution in [2.24, 2.45) is 10.8 Å². The Morgan fingerprint density at radius 3 is 1.65 bits per heavy atom. The maximum atomic E-state index is 11.3. The molecule has 0 aromatic heterocycles. The summed E-state index contributed by atoms with van der Waals surface area (Å²) in [7, 11) is 0. The third-order valence-corrected chi connectivity index (χ3v) is 3.17. The van der Waals surface area contributed by atoms with Crippen LogP contribution in [0.3, 0.4) is 0 Å². The molecule has 2 N–H and O–H groups in total. The first kappa shape index (κ1) is 18.9. The Kier molecular flexibility index (Phi) is 7.87. The Balaban J connectivity index is 0. The maximum absolute atomic E-state index is 11.3. The van der Waals surface area contributed by atoms with E-state index in [2.05, 4.69) is 0 Å². The molecule has 0 amide bonds. The topological polar surface area (TPSA) is 74.6 Å². The molecule has 0 bridgehead atoms. The van der Waals surface area contributed by atoms with E-state index >= 15 is 0 Å². The van der Waals surface area contributed by atoms with Crippen molar-refractivity contribution in [3.8, 4) is 0 Å². The summed E-state index contributed by atoms with van der Waals surface area (Å²) in [6, 6.07) is 0. The fraction of sp³-hybridized carbons (Fsp3) is 0.833. The molecule has 0 atom stereocenters. The molecule has 4 nitrogen and oxygen atoms in total. The van der Waals surface area contributed by atoms with Gasteiger partial charge >= 0.3 is 30.8 Å². The molecule has 0 aliphatic heterocycles. The summed E-state index contributed by atoms with van der Waals surface area (Å²) in [6.07, 6.45) is 2.62. The summed E-state index contributed by atoms with van der Waals surface area (Å²) in [4.78, 5) is 22.6. The van der Waals surface area contributed by atoms with Crippen LogP contribution in [0, 0.1) is 10.8 Å². The number of hydrogen-bond acceptors (Lipinski definition) is 2. The van der Waals surface area contributed by atoms with Gasteiger partial charge < -0.3 is 10.2 Å². The van der Waals surface area contributed by atoms with Gasteiger partial charge in [0.1, 0.15) is 0 Å². The summed E-state index contributed by atoms with van der Waals surface area (Å²) in [5.74, 6) is -2.47. The predicted molar refractivity (Wildman–Crippen MR) is 68.5 cm³/mol. The van der Waals surface area contributed by atoms with Crippen LogP contribution in [0.1, 0.15) is 53.4 Å². The Hall–Kier alpha value is -0.463. The van der Waals surface area contributed by atoms with E-state index in [9.17, 15) is 19.8 Å². The third-order valence-electron chi connectivity index (χ3n) is 3.17. The van der Waals surface area contributed by atoms with Crippen molar-refractivity contribution in [2.75, 3.05) is 0 Å². The van der Waals surface area contributed by atoms with Gasteiger partial charge in [-0.25, -0.2) is 0 Å². The standard InChI is InChI=1S/C12H22O4.Li.H/c1-5-6-7-8-12(9(13)14,10(15)16)11(2,3)4;;/h5-8H2,1-4H3,(H,13,14)(H,15,16);;. The zero-order valence-corrected chi connectivity index (χ0v) is 10.5. The molecule has 0 saturated carbocycles. The van der Waals surface area contributed by atoms with Crippen LogP contribution in [-0.2, 0) is 9.59 Å². The van der Waals surface area contributed by atoms with Gasteiger partial charge in [-0.15, -0.1) is 0 Å². The summed E-state index contributed by atoms with van der Waals surface area (Å²) in [5, 5.41) is 18.5.